The van der Waals surface area contributed by atoms with E-state index in [1.165, 1.54) is 17.6 Å². The predicted octanol–water partition coefficient (Wildman–Crippen LogP) is 3.78. The molecule has 0 atom stereocenters. The first-order chi connectivity index (χ1) is 13.1. The van der Waals surface area contributed by atoms with E-state index < -0.39 is 0 Å². The van der Waals surface area contributed by atoms with Gasteiger partial charge in [-0.2, -0.15) is 5.10 Å². The van der Waals surface area contributed by atoms with Crippen LogP contribution in [0.25, 0.3) is 10.4 Å². The molecule has 27 heavy (non-hydrogen) atoms. The number of nitrogen functional groups attached to an aromatic ring is 1. The number of benzene rings is 2. The van der Waals surface area contributed by atoms with Crippen LogP contribution in [0.1, 0.15) is 15.2 Å². The number of anilines is 1. The number of amides is 1. The first kappa shape index (κ1) is 18.5. The molecule has 0 saturated heterocycles. The van der Waals surface area contributed by atoms with Crippen LogP contribution in [0.3, 0.4) is 0 Å². The fourth-order valence-corrected chi connectivity index (χ4v) is 3.44. The second-order valence-electron chi connectivity index (χ2n) is 5.56. The number of nitrogens with two attached hydrogens (primary N) is 1. The van der Waals surface area contributed by atoms with Crippen LogP contribution in [-0.2, 0) is 0 Å². The van der Waals surface area contributed by atoms with E-state index in [2.05, 4.69) is 10.5 Å². The van der Waals surface area contributed by atoms with Crippen LogP contribution >= 0.6 is 11.3 Å². The fraction of sp³-hybridized carbons (Fsp3) is 0.100. The minimum atomic E-state index is -0.358. The molecule has 0 bridgehead atoms. The molecule has 2 aromatic carbocycles. The number of nitrogens with zero attached hydrogens (tertiary/aromatic N) is 1. The highest BCUT2D eigenvalue weighted by Gasteiger charge is 2.15. The fourth-order valence-electron chi connectivity index (χ4n) is 2.46. The molecule has 0 aliphatic heterocycles. The van der Waals surface area contributed by atoms with E-state index in [4.69, 9.17) is 15.2 Å². The highest BCUT2D eigenvalue weighted by Crippen LogP contribution is 2.34. The van der Waals surface area contributed by atoms with Gasteiger partial charge < -0.3 is 15.2 Å². The number of carbonyl (C=O) groups is 1. The molecule has 1 amide bonds. The Morgan fingerprint density at radius 3 is 2.56 bits per heavy atom. The molecule has 7 heteroatoms. The lowest BCUT2D eigenvalue weighted by Crippen LogP contribution is -2.17. The molecule has 138 valence electrons. The van der Waals surface area contributed by atoms with Gasteiger partial charge in [0.25, 0.3) is 5.91 Å². The predicted molar refractivity (Wildman–Crippen MR) is 109 cm³/mol. The van der Waals surface area contributed by atoms with Crippen LogP contribution in [0.4, 0.5) is 5.69 Å². The minimum Gasteiger partial charge on any atom is -0.497 e. The van der Waals surface area contributed by atoms with Crippen molar-refractivity contribution in [3.8, 4) is 21.9 Å². The van der Waals surface area contributed by atoms with Gasteiger partial charge in [-0.25, -0.2) is 5.43 Å². The summed E-state index contributed by atoms with van der Waals surface area (Å²) in [5, 5.41) is 4.00. The van der Waals surface area contributed by atoms with Gasteiger partial charge in [0.2, 0.25) is 0 Å². The van der Waals surface area contributed by atoms with E-state index in [0.29, 0.717) is 16.3 Å². The van der Waals surface area contributed by atoms with Crippen LogP contribution in [0.5, 0.6) is 11.5 Å². The van der Waals surface area contributed by atoms with Crippen molar-refractivity contribution < 1.29 is 14.3 Å². The van der Waals surface area contributed by atoms with Gasteiger partial charge in [0.15, 0.2) is 0 Å². The summed E-state index contributed by atoms with van der Waals surface area (Å²) in [4.78, 5) is 13.7. The average Bonchev–Trinajstić information content (AvgIpc) is 3.10. The summed E-state index contributed by atoms with van der Waals surface area (Å²) in [7, 11) is 3.20. The van der Waals surface area contributed by atoms with Gasteiger partial charge in [0.05, 0.1) is 26.1 Å². The monoisotopic (exact) mass is 381 g/mol. The van der Waals surface area contributed by atoms with Gasteiger partial charge in [-0.3, -0.25) is 4.79 Å². The third-order valence-corrected chi connectivity index (χ3v) is 5.05. The maximum absolute atomic E-state index is 12.4. The molecule has 0 aliphatic carbocycles. The topological polar surface area (TPSA) is 85.9 Å². The zero-order chi connectivity index (χ0) is 19.2. The Bertz CT molecular complexity index is 965. The molecule has 3 rings (SSSR count). The summed E-state index contributed by atoms with van der Waals surface area (Å²) in [5.74, 6) is 1.09. The summed E-state index contributed by atoms with van der Waals surface area (Å²) < 4.78 is 10.4. The van der Waals surface area contributed by atoms with Crippen molar-refractivity contribution in [2.45, 2.75) is 0 Å². The minimum absolute atomic E-state index is 0.358. The molecule has 1 heterocycles. The van der Waals surface area contributed by atoms with Gasteiger partial charge in [0, 0.05) is 10.4 Å². The van der Waals surface area contributed by atoms with E-state index >= 15 is 0 Å². The molecule has 0 radical (unpaired) electrons. The second-order valence-corrected chi connectivity index (χ2v) is 6.62. The number of hydrogen-bond acceptors (Lipinski definition) is 6. The maximum Gasteiger partial charge on any atom is 0.283 e. The lowest BCUT2D eigenvalue weighted by molar-refractivity contribution is 0.0960. The summed E-state index contributed by atoms with van der Waals surface area (Å²) in [6, 6.07) is 16.7. The number of para-hydroxylation sites is 1. The van der Waals surface area contributed by atoms with Crippen molar-refractivity contribution in [1.82, 2.24) is 5.43 Å². The molecule has 0 aliphatic rings. The molecular weight excluding hydrogens is 362 g/mol. The Hall–Kier alpha value is -3.32. The lowest BCUT2D eigenvalue weighted by Gasteiger charge is -2.03. The Balaban J connectivity index is 1.73. The molecular formula is C20H19N3O3S. The number of carbonyl (C=O) groups excluding carboxylic acids is 1. The first-order valence-corrected chi connectivity index (χ1v) is 8.94. The van der Waals surface area contributed by atoms with Crippen LogP contribution in [0.15, 0.2) is 59.7 Å². The van der Waals surface area contributed by atoms with Crippen LogP contribution in [0, 0.1) is 0 Å². The summed E-state index contributed by atoms with van der Waals surface area (Å²) in [6.07, 6.45) is 1.53. The number of hydrazone groups is 1. The standard InChI is InChI=1S/C20H19N3O3S/c1-25-15-9-7-13(8-10-15)18-11-16(21)19(27-18)20(24)23-22-12-14-5-3-4-6-17(14)26-2/h3-12H,21H2,1-2H3,(H,23,24)/b22-12-. The molecule has 0 saturated carbocycles. The summed E-state index contributed by atoms with van der Waals surface area (Å²) >= 11 is 1.31. The summed E-state index contributed by atoms with van der Waals surface area (Å²) in [5.41, 5.74) is 10.7. The van der Waals surface area contributed by atoms with Gasteiger partial charge in [0.1, 0.15) is 16.4 Å². The first-order valence-electron chi connectivity index (χ1n) is 8.12. The average molecular weight is 381 g/mol. The molecule has 3 N–H and O–H groups in total. The van der Waals surface area contributed by atoms with Crippen molar-refractivity contribution in [3.05, 3.63) is 65.0 Å². The van der Waals surface area contributed by atoms with Crippen molar-refractivity contribution in [3.63, 3.8) is 0 Å². The van der Waals surface area contributed by atoms with Gasteiger partial charge >= 0.3 is 0 Å². The van der Waals surface area contributed by atoms with E-state index in [-0.39, 0.29) is 5.91 Å². The number of thiophene rings is 1. The quantitative estimate of drug-likeness (QED) is 0.503. The number of ether oxygens (including phenoxy) is 2. The van der Waals surface area contributed by atoms with E-state index in [0.717, 1.165) is 21.8 Å². The van der Waals surface area contributed by atoms with Crippen molar-refractivity contribution in [2.24, 2.45) is 5.10 Å². The van der Waals surface area contributed by atoms with Gasteiger partial charge in [-0.1, -0.05) is 12.1 Å². The number of hydrogen-bond donors (Lipinski definition) is 2. The van der Waals surface area contributed by atoms with Crippen molar-refractivity contribution in [1.29, 1.82) is 0 Å². The Morgan fingerprint density at radius 1 is 1.11 bits per heavy atom. The summed E-state index contributed by atoms with van der Waals surface area (Å²) in [6.45, 7) is 0. The van der Waals surface area contributed by atoms with E-state index in [9.17, 15) is 4.79 Å². The van der Waals surface area contributed by atoms with Crippen LogP contribution < -0.4 is 20.6 Å². The molecule has 6 nitrogen and oxygen atoms in total. The third kappa shape index (κ3) is 4.27. The Kier molecular flexibility index (Phi) is 5.73. The SMILES string of the molecule is COc1ccc(-c2cc(N)c(C(=O)N/N=C\c3ccccc3OC)s2)cc1. The number of nitrogens with one attached hydrogen (secondary N) is 1. The van der Waals surface area contributed by atoms with E-state index in [1.807, 2.05) is 48.5 Å². The zero-order valence-electron chi connectivity index (χ0n) is 14.9. The maximum atomic E-state index is 12.4. The largest absolute Gasteiger partial charge is 0.497 e. The number of methoxy groups -OCH3 is 2. The normalized spacial score (nSPS) is 10.7. The third-order valence-electron chi connectivity index (χ3n) is 3.85. The zero-order valence-corrected chi connectivity index (χ0v) is 15.7. The second kappa shape index (κ2) is 8.37. The Morgan fingerprint density at radius 2 is 1.85 bits per heavy atom. The molecule has 0 spiro atoms. The Labute approximate surface area is 161 Å². The van der Waals surface area contributed by atoms with Gasteiger partial charge in [-0.05, 0) is 48.0 Å². The molecule has 3 aromatic rings. The molecule has 1 aromatic heterocycles. The highest BCUT2D eigenvalue weighted by molar-refractivity contribution is 7.18. The highest BCUT2D eigenvalue weighted by atomic mass is 32.1. The molecule has 0 unspecified atom stereocenters. The lowest BCUT2D eigenvalue weighted by atomic mass is 10.2. The smallest absolute Gasteiger partial charge is 0.283 e. The van der Waals surface area contributed by atoms with E-state index in [1.54, 1.807) is 20.3 Å². The van der Waals surface area contributed by atoms with Crippen LogP contribution in [-0.4, -0.2) is 26.3 Å². The van der Waals surface area contributed by atoms with Crippen molar-refractivity contribution >= 4 is 29.1 Å². The van der Waals surface area contributed by atoms with Gasteiger partial charge in [-0.15, -0.1) is 11.3 Å². The van der Waals surface area contributed by atoms with Crippen LogP contribution in [0.2, 0.25) is 0 Å². The molecule has 0 fully saturated rings. The number of rotatable bonds is 6. The van der Waals surface area contributed by atoms with Crippen molar-refractivity contribution in [2.75, 3.05) is 20.0 Å².